The van der Waals surface area contributed by atoms with Crippen molar-refractivity contribution in [1.82, 2.24) is 0 Å². The molecule has 0 saturated heterocycles. The third-order valence-electron chi connectivity index (χ3n) is 10.8. The number of hydrogen-bond acceptors (Lipinski definition) is 3. The molecule has 188 valence electrons. The van der Waals surface area contributed by atoms with Crippen LogP contribution in [0.25, 0.3) is 0 Å². The van der Waals surface area contributed by atoms with Gasteiger partial charge in [0.1, 0.15) is 6.10 Å². The van der Waals surface area contributed by atoms with Crippen LogP contribution < -0.4 is 0 Å². The Morgan fingerprint density at radius 3 is 2.58 bits per heavy atom. The summed E-state index contributed by atoms with van der Waals surface area (Å²) in [5, 5.41) is 0. The molecule has 0 heterocycles. The van der Waals surface area contributed by atoms with E-state index in [0.29, 0.717) is 17.4 Å². The summed E-state index contributed by atoms with van der Waals surface area (Å²) < 4.78 is 10.7. The topological polar surface area (TPSA) is 35.5 Å². The lowest BCUT2D eigenvalue weighted by molar-refractivity contribution is -0.0615. The molecule has 4 rings (SSSR count). The van der Waals surface area contributed by atoms with Gasteiger partial charge >= 0.3 is 6.16 Å². The van der Waals surface area contributed by atoms with E-state index >= 15 is 0 Å². The van der Waals surface area contributed by atoms with Gasteiger partial charge in [0.15, 0.2) is 0 Å². The zero-order valence-corrected chi connectivity index (χ0v) is 22.3. The molecule has 3 heteroatoms. The quantitative estimate of drug-likeness (QED) is 0.283. The Morgan fingerprint density at radius 1 is 1.06 bits per heavy atom. The van der Waals surface area contributed by atoms with Crippen LogP contribution in [0.15, 0.2) is 11.6 Å². The summed E-state index contributed by atoms with van der Waals surface area (Å²) in [6, 6.07) is 0. The van der Waals surface area contributed by atoms with Crippen LogP contribution in [0.1, 0.15) is 112 Å². The first-order valence-electron chi connectivity index (χ1n) is 14.2. The second-order valence-corrected chi connectivity index (χ2v) is 13.0. The predicted molar refractivity (Wildman–Crippen MR) is 135 cm³/mol. The van der Waals surface area contributed by atoms with Crippen LogP contribution in [-0.4, -0.2) is 18.9 Å². The first kappa shape index (κ1) is 25.1. The van der Waals surface area contributed by atoms with E-state index in [2.05, 4.69) is 40.7 Å². The molecule has 0 aliphatic heterocycles. The van der Waals surface area contributed by atoms with Gasteiger partial charge in [-0.3, -0.25) is 0 Å². The van der Waals surface area contributed by atoms with Gasteiger partial charge in [-0.1, -0.05) is 65.5 Å². The average molecular weight is 459 g/mol. The first-order chi connectivity index (χ1) is 15.7. The van der Waals surface area contributed by atoms with Crippen LogP contribution in [0.5, 0.6) is 0 Å². The zero-order valence-electron chi connectivity index (χ0n) is 22.3. The van der Waals surface area contributed by atoms with Crippen molar-refractivity contribution < 1.29 is 14.3 Å². The molecule has 0 aromatic rings. The molecule has 3 nitrogen and oxygen atoms in total. The smallest absolute Gasteiger partial charge is 0.435 e. The lowest BCUT2D eigenvalue weighted by Crippen LogP contribution is -2.51. The molecular formula is C30H50O3. The number of allylic oxidation sites excluding steroid dienone is 1. The Hall–Kier alpha value is -0.990. The standard InChI is InChI=1S/C30H50O3/c1-7-32-28(31)33-23-15-17-29(5)22(19-23)11-12-24-26-14-13-25(21(4)10-8-9-20(2)3)30(26,6)18-16-27(24)29/h11,20-21,23-27H,7-10,12-19H2,1-6H3/t21-,23-,24+,25-,26+,27+,29+,30-/m1/s1. The van der Waals surface area contributed by atoms with Crippen molar-refractivity contribution in [2.75, 3.05) is 6.61 Å². The van der Waals surface area contributed by atoms with E-state index in [4.69, 9.17) is 9.47 Å². The van der Waals surface area contributed by atoms with Crippen LogP contribution in [0, 0.1) is 46.3 Å². The highest BCUT2D eigenvalue weighted by Gasteiger charge is 2.59. The molecular weight excluding hydrogens is 408 g/mol. The van der Waals surface area contributed by atoms with Crippen LogP contribution in [0.2, 0.25) is 0 Å². The highest BCUT2D eigenvalue weighted by molar-refractivity contribution is 5.60. The molecule has 3 saturated carbocycles. The molecule has 0 aromatic carbocycles. The minimum absolute atomic E-state index is 0.00340. The van der Waals surface area contributed by atoms with Crippen molar-refractivity contribution in [3.63, 3.8) is 0 Å². The maximum Gasteiger partial charge on any atom is 0.508 e. The van der Waals surface area contributed by atoms with Crippen LogP contribution in [0.4, 0.5) is 4.79 Å². The maximum absolute atomic E-state index is 11.9. The van der Waals surface area contributed by atoms with Gasteiger partial charge in [-0.2, -0.15) is 0 Å². The van der Waals surface area contributed by atoms with Gasteiger partial charge in [0, 0.05) is 6.42 Å². The van der Waals surface area contributed by atoms with Crippen LogP contribution in [0.3, 0.4) is 0 Å². The molecule has 0 radical (unpaired) electrons. The third-order valence-corrected chi connectivity index (χ3v) is 10.8. The molecule has 3 fully saturated rings. The summed E-state index contributed by atoms with van der Waals surface area (Å²) in [6.07, 6.45) is 16.3. The van der Waals surface area contributed by atoms with E-state index in [9.17, 15) is 4.79 Å². The number of carbonyl (C=O) groups is 1. The maximum atomic E-state index is 11.9. The first-order valence-corrected chi connectivity index (χ1v) is 14.2. The van der Waals surface area contributed by atoms with Crippen molar-refractivity contribution in [3.8, 4) is 0 Å². The molecule has 8 atom stereocenters. The van der Waals surface area contributed by atoms with Gasteiger partial charge in [-0.25, -0.2) is 4.79 Å². The Morgan fingerprint density at radius 2 is 1.85 bits per heavy atom. The fraction of sp³-hybridized carbons (Fsp3) is 0.900. The summed E-state index contributed by atoms with van der Waals surface area (Å²) in [4.78, 5) is 11.9. The van der Waals surface area contributed by atoms with E-state index in [1.54, 1.807) is 5.57 Å². The molecule has 4 aliphatic carbocycles. The van der Waals surface area contributed by atoms with Gasteiger partial charge in [-0.05, 0) is 98.2 Å². The SMILES string of the molecule is CCOC(=O)O[C@@H]1CC[C@@]2(C)C(=CC[C@H]3[C@@H]4CC[C@H]([C@H](C)CCCC(C)C)[C@@]4(C)CC[C@@H]32)C1. The van der Waals surface area contributed by atoms with Crippen molar-refractivity contribution >= 4 is 6.16 Å². The highest BCUT2D eigenvalue weighted by Crippen LogP contribution is 2.67. The van der Waals surface area contributed by atoms with E-state index in [-0.39, 0.29) is 6.10 Å². The minimum atomic E-state index is -0.492. The minimum Gasteiger partial charge on any atom is -0.435 e. The molecule has 4 aliphatic rings. The number of fused-ring (bicyclic) bond motifs is 5. The van der Waals surface area contributed by atoms with Gasteiger partial charge in [-0.15, -0.1) is 0 Å². The lowest BCUT2D eigenvalue weighted by Gasteiger charge is -2.58. The molecule has 0 bridgehead atoms. The fourth-order valence-electron chi connectivity index (χ4n) is 9.04. The second kappa shape index (κ2) is 9.94. The van der Waals surface area contributed by atoms with Gasteiger partial charge in [0.05, 0.1) is 6.61 Å². The van der Waals surface area contributed by atoms with Gasteiger partial charge < -0.3 is 9.47 Å². The average Bonchev–Trinajstić information content (AvgIpc) is 3.11. The Bertz CT molecular complexity index is 726. The van der Waals surface area contributed by atoms with E-state index in [0.717, 1.165) is 54.8 Å². The second-order valence-electron chi connectivity index (χ2n) is 13.0. The zero-order chi connectivity index (χ0) is 23.8. The van der Waals surface area contributed by atoms with Gasteiger partial charge in [0.25, 0.3) is 0 Å². The fourth-order valence-corrected chi connectivity index (χ4v) is 9.04. The molecule has 0 amide bonds. The summed E-state index contributed by atoms with van der Waals surface area (Å²) in [6.45, 7) is 14.7. The van der Waals surface area contributed by atoms with E-state index in [1.165, 1.54) is 51.4 Å². The van der Waals surface area contributed by atoms with Crippen LogP contribution >= 0.6 is 0 Å². The third kappa shape index (κ3) is 4.76. The summed E-state index contributed by atoms with van der Waals surface area (Å²) in [7, 11) is 0. The summed E-state index contributed by atoms with van der Waals surface area (Å²) in [5.74, 6) is 5.19. The Kier molecular flexibility index (Phi) is 7.56. The normalized spacial score (nSPS) is 40.9. The van der Waals surface area contributed by atoms with Crippen LogP contribution in [-0.2, 0) is 9.47 Å². The Labute approximate surface area is 203 Å². The molecule has 0 spiro atoms. The monoisotopic (exact) mass is 458 g/mol. The molecule has 33 heavy (non-hydrogen) atoms. The number of rotatable bonds is 7. The van der Waals surface area contributed by atoms with E-state index in [1.807, 2.05) is 6.92 Å². The lowest BCUT2D eigenvalue weighted by atomic mass is 9.47. The van der Waals surface area contributed by atoms with Crippen molar-refractivity contribution in [2.45, 2.75) is 118 Å². The van der Waals surface area contributed by atoms with E-state index < -0.39 is 6.16 Å². The summed E-state index contributed by atoms with van der Waals surface area (Å²) >= 11 is 0. The number of hydrogen-bond donors (Lipinski definition) is 0. The summed E-state index contributed by atoms with van der Waals surface area (Å²) in [5.41, 5.74) is 2.42. The number of carbonyl (C=O) groups excluding carboxylic acids is 1. The number of ether oxygens (including phenoxy) is 2. The molecule has 0 aromatic heterocycles. The van der Waals surface area contributed by atoms with Crippen molar-refractivity contribution in [3.05, 3.63) is 11.6 Å². The highest BCUT2D eigenvalue weighted by atomic mass is 16.7. The van der Waals surface area contributed by atoms with Crippen molar-refractivity contribution in [1.29, 1.82) is 0 Å². The molecule has 0 unspecified atom stereocenters. The van der Waals surface area contributed by atoms with Crippen molar-refractivity contribution in [2.24, 2.45) is 46.3 Å². The predicted octanol–water partition coefficient (Wildman–Crippen LogP) is 8.57. The van der Waals surface area contributed by atoms with Gasteiger partial charge in [0.2, 0.25) is 0 Å². The Balaban J connectivity index is 1.43. The molecule has 0 N–H and O–H groups in total. The largest absolute Gasteiger partial charge is 0.508 e.